The first-order valence-electron chi connectivity index (χ1n) is 10.9. The number of ether oxygens (including phenoxy) is 1. The van der Waals surface area contributed by atoms with Crippen molar-refractivity contribution in [2.45, 2.75) is 20.0 Å². The second kappa shape index (κ2) is 10.5. The molecule has 2 aromatic carbocycles. The summed E-state index contributed by atoms with van der Waals surface area (Å²) in [4.78, 5) is 30.2. The van der Waals surface area contributed by atoms with Gasteiger partial charge in [-0.15, -0.1) is 0 Å². The molecule has 0 atom stereocenters. The van der Waals surface area contributed by atoms with E-state index in [0.29, 0.717) is 17.0 Å². The van der Waals surface area contributed by atoms with Gasteiger partial charge in [0.15, 0.2) is 0 Å². The molecule has 12 heteroatoms. The molecule has 36 heavy (non-hydrogen) atoms. The van der Waals surface area contributed by atoms with Gasteiger partial charge in [0.1, 0.15) is 17.8 Å². The Morgan fingerprint density at radius 2 is 1.72 bits per heavy atom. The average Bonchev–Trinajstić information content (AvgIpc) is 3.39. The minimum atomic E-state index is -1.12. The normalized spacial score (nSPS) is 11.4. The number of hydrogen-bond acceptors (Lipinski definition) is 9. The average molecular weight is 497 g/mol. The highest BCUT2D eigenvalue weighted by molar-refractivity contribution is 5.55. The van der Waals surface area contributed by atoms with E-state index in [9.17, 15) is 24.2 Å². The lowest BCUT2D eigenvalue weighted by Gasteiger charge is -2.25. The Labute approximate surface area is 204 Å². The third-order valence-electron chi connectivity index (χ3n) is 5.45. The highest BCUT2D eigenvalue weighted by Crippen LogP contribution is 2.23. The smallest absolute Gasteiger partial charge is 0.354 e. The van der Waals surface area contributed by atoms with Crippen molar-refractivity contribution in [2.75, 3.05) is 18.5 Å². The topological polar surface area (TPSA) is 145 Å². The van der Waals surface area contributed by atoms with Gasteiger partial charge in [-0.1, -0.05) is 19.1 Å². The summed E-state index contributed by atoms with van der Waals surface area (Å²) in [5.74, 6) is 0.299. The summed E-state index contributed by atoms with van der Waals surface area (Å²) in [6.45, 7) is 0.379. The second-order valence-electron chi connectivity index (χ2n) is 8.52. The SMILES string of the molecule is CC(CO)(CO)Cn1c(=O)nc(Nc2ccc(Oc3ccon3)cc2)n(Cc2ccc(F)cc2)c1=O. The number of hydrogen-bond donors (Lipinski definition) is 3. The molecule has 0 bridgehead atoms. The molecule has 2 aromatic heterocycles. The fourth-order valence-corrected chi connectivity index (χ4v) is 3.32. The van der Waals surface area contributed by atoms with Crippen molar-refractivity contribution in [2.24, 2.45) is 5.41 Å². The molecule has 0 fully saturated rings. The number of rotatable bonds is 10. The first-order valence-corrected chi connectivity index (χ1v) is 10.9. The molecule has 4 rings (SSSR count). The number of nitrogens with zero attached hydrogens (tertiary/aromatic N) is 4. The van der Waals surface area contributed by atoms with Crippen molar-refractivity contribution < 1.29 is 23.9 Å². The van der Waals surface area contributed by atoms with E-state index >= 15 is 0 Å². The zero-order valence-electron chi connectivity index (χ0n) is 19.3. The Balaban J connectivity index is 1.69. The molecule has 0 amide bonds. The number of aliphatic hydroxyl groups excluding tert-OH is 2. The highest BCUT2D eigenvalue weighted by atomic mass is 19.1. The Bertz CT molecular complexity index is 1410. The van der Waals surface area contributed by atoms with Gasteiger partial charge in [-0.2, -0.15) is 4.98 Å². The monoisotopic (exact) mass is 497 g/mol. The van der Waals surface area contributed by atoms with Crippen molar-refractivity contribution in [3.63, 3.8) is 0 Å². The summed E-state index contributed by atoms with van der Waals surface area (Å²) in [5.41, 5.74) is -1.57. The van der Waals surface area contributed by atoms with Gasteiger partial charge in [-0.05, 0) is 47.1 Å². The fraction of sp³-hybridized carbons (Fsp3) is 0.250. The predicted molar refractivity (Wildman–Crippen MR) is 127 cm³/mol. The van der Waals surface area contributed by atoms with E-state index in [1.807, 2.05) is 0 Å². The van der Waals surface area contributed by atoms with Crippen LogP contribution in [0.3, 0.4) is 0 Å². The molecule has 3 N–H and O–H groups in total. The number of anilines is 2. The Kier molecular flexibility index (Phi) is 7.27. The van der Waals surface area contributed by atoms with E-state index in [-0.39, 0.29) is 24.9 Å². The molecular formula is C24H24FN5O6. The minimum Gasteiger partial charge on any atom is -0.436 e. The van der Waals surface area contributed by atoms with Crippen LogP contribution in [0.15, 0.2) is 75.0 Å². The number of nitrogens with one attached hydrogen (secondary N) is 1. The molecule has 2 heterocycles. The van der Waals surface area contributed by atoms with Gasteiger partial charge in [0, 0.05) is 23.7 Å². The molecule has 188 valence electrons. The first kappa shape index (κ1) is 24.8. The van der Waals surface area contributed by atoms with Crippen LogP contribution in [0.4, 0.5) is 16.0 Å². The highest BCUT2D eigenvalue weighted by Gasteiger charge is 2.26. The summed E-state index contributed by atoms with van der Waals surface area (Å²) in [5, 5.41) is 25.9. The minimum absolute atomic E-state index is 0.0168. The summed E-state index contributed by atoms with van der Waals surface area (Å²) in [7, 11) is 0. The first-order chi connectivity index (χ1) is 17.3. The van der Waals surface area contributed by atoms with Crippen LogP contribution in [-0.2, 0) is 13.1 Å². The maximum atomic E-state index is 13.4. The molecular weight excluding hydrogens is 473 g/mol. The molecule has 11 nitrogen and oxygen atoms in total. The van der Waals surface area contributed by atoms with Crippen LogP contribution >= 0.6 is 0 Å². The lowest BCUT2D eigenvalue weighted by atomic mass is 9.93. The molecule has 0 radical (unpaired) electrons. The van der Waals surface area contributed by atoms with Crippen LogP contribution in [0.1, 0.15) is 12.5 Å². The number of benzene rings is 2. The van der Waals surface area contributed by atoms with Gasteiger partial charge >= 0.3 is 11.4 Å². The molecule has 0 aliphatic rings. The van der Waals surface area contributed by atoms with Gasteiger partial charge in [0.25, 0.3) is 5.88 Å². The third-order valence-corrected chi connectivity index (χ3v) is 5.45. The Morgan fingerprint density at radius 3 is 2.33 bits per heavy atom. The van der Waals surface area contributed by atoms with Gasteiger partial charge in [-0.25, -0.2) is 18.5 Å². The van der Waals surface area contributed by atoms with Crippen molar-refractivity contribution in [1.82, 2.24) is 19.3 Å². The molecule has 0 aliphatic heterocycles. The van der Waals surface area contributed by atoms with E-state index in [4.69, 9.17) is 9.26 Å². The zero-order valence-corrected chi connectivity index (χ0v) is 19.3. The van der Waals surface area contributed by atoms with Gasteiger partial charge in [0.05, 0.1) is 19.8 Å². The number of aromatic nitrogens is 4. The predicted octanol–water partition coefficient (Wildman–Crippen LogP) is 2.11. The van der Waals surface area contributed by atoms with Crippen LogP contribution in [0, 0.1) is 11.2 Å². The third kappa shape index (κ3) is 5.67. The van der Waals surface area contributed by atoms with E-state index in [1.165, 1.54) is 42.0 Å². The van der Waals surface area contributed by atoms with Crippen molar-refractivity contribution in [3.8, 4) is 11.6 Å². The van der Waals surface area contributed by atoms with Crippen molar-refractivity contribution >= 4 is 11.6 Å². The molecule has 0 unspecified atom stereocenters. The van der Waals surface area contributed by atoms with Crippen LogP contribution in [0.2, 0.25) is 0 Å². The van der Waals surface area contributed by atoms with Crippen LogP contribution in [0.25, 0.3) is 0 Å². The summed E-state index contributed by atoms with van der Waals surface area (Å²) in [6.07, 6.45) is 1.38. The molecule has 0 saturated heterocycles. The van der Waals surface area contributed by atoms with Gasteiger partial charge < -0.3 is 24.8 Å². The van der Waals surface area contributed by atoms with E-state index in [0.717, 1.165) is 4.57 Å². The molecule has 0 spiro atoms. The standard InChI is InChI=1S/C24H24FN5O6/c1-24(14-31,15-32)13-30-22(33)27-21(29(23(30)34)12-16-2-4-17(25)5-3-16)26-18-6-8-19(9-7-18)36-20-10-11-35-28-20/h2-11,31-32H,12-15H2,1H3,(H,26,27,33). The maximum Gasteiger partial charge on any atom is 0.354 e. The van der Waals surface area contributed by atoms with Crippen LogP contribution in [0.5, 0.6) is 11.6 Å². The Hall–Kier alpha value is -4.29. The van der Waals surface area contributed by atoms with Gasteiger partial charge in [-0.3, -0.25) is 4.57 Å². The summed E-state index contributed by atoms with van der Waals surface area (Å²) < 4.78 is 25.7. The largest absolute Gasteiger partial charge is 0.436 e. The van der Waals surface area contributed by atoms with E-state index in [2.05, 4.69) is 15.5 Å². The Morgan fingerprint density at radius 1 is 1.03 bits per heavy atom. The lowest BCUT2D eigenvalue weighted by Crippen LogP contribution is -2.47. The lowest BCUT2D eigenvalue weighted by molar-refractivity contribution is 0.0528. The van der Waals surface area contributed by atoms with Gasteiger partial charge in [0.2, 0.25) is 5.95 Å². The molecule has 4 aromatic rings. The number of aliphatic hydroxyl groups is 2. The quantitative estimate of drug-likeness (QED) is 0.300. The summed E-state index contributed by atoms with van der Waals surface area (Å²) >= 11 is 0. The number of halogens is 1. The second-order valence-corrected chi connectivity index (χ2v) is 8.52. The van der Waals surface area contributed by atoms with E-state index in [1.54, 1.807) is 30.3 Å². The molecule has 0 aliphatic carbocycles. The van der Waals surface area contributed by atoms with E-state index < -0.39 is 35.8 Å². The van der Waals surface area contributed by atoms with Crippen molar-refractivity contribution in [1.29, 1.82) is 0 Å². The molecule has 0 saturated carbocycles. The maximum absolute atomic E-state index is 13.4. The van der Waals surface area contributed by atoms with Crippen molar-refractivity contribution in [3.05, 3.63) is 93.2 Å². The zero-order chi connectivity index (χ0) is 25.7. The fourth-order valence-electron chi connectivity index (χ4n) is 3.32. The summed E-state index contributed by atoms with van der Waals surface area (Å²) in [6, 6.07) is 13.7. The van der Waals surface area contributed by atoms with Crippen LogP contribution < -0.4 is 21.4 Å². The van der Waals surface area contributed by atoms with Crippen LogP contribution in [-0.4, -0.2) is 42.7 Å².